The molecule has 0 saturated carbocycles. The van der Waals surface area contributed by atoms with Crippen molar-refractivity contribution in [2.45, 2.75) is 40.0 Å². The van der Waals surface area contributed by atoms with Gasteiger partial charge in [0.15, 0.2) is 0 Å². The van der Waals surface area contributed by atoms with Crippen LogP contribution in [0.3, 0.4) is 0 Å². The summed E-state index contributed by atoms with van der Waals surface area (Å²) < 4.78 is 10.3. The lowest BCUT2D eigenvalue weighted by molar-refractivity contribution is -0.140. The highest BCUT2D eigenvalue weighted by Gasteiger charge is 2.11. The lowest BCUT2D eigenvalue weighted by Gasteiger charge is -2.23. The van der Waals surface area contributed by atoms with Gasteiger partial charge >= 0.3 is 5.97 Å². The van der Waals surface area contributed by atoms with E-state index in [1.807, 2.05) is 37.0 Å². The number of hydrogen-bond acceptors (Lipinski definition) is 6. The monoisotopic (exact) mass is 324 g/mol. The summed E-state index contributed by atoms with van der Waals surface area (Å²) in [4.78, 5) is 23.8. The molecular weight excluding hydrogens is 296 g/mol. The van der Waals surface area contributed by atoms with Crippen molar-refractivity contribution in [1.82, 2.24) is 4.90 Å². The summed E-state index contributed by atoms with van der Waals surface area (Å²) in [5, 5.41) is 2.94. The normalized spacial score (nSPS) is 12.3. The Morgan fingerprint density at radius 3 is 2.52 bits per heavy atom. The molecule has 0 fully saturated rings. The van der Waals surface area contributed by atoms with Gasteiger partial charge in [0.25, 0.3) is 0 Å². The highest BCUT2D eigenvalue weighted by Crippen LogP contribution is 2.11. The number of likely N-dealkylation sites (N-methyl/N-ethyl adjacent to an activating group) is 1. The molecule has 0 aromatic rings. The van der Waals surface area contributed by atoms with Crippen LogP contribution in [0.15, 0.2) is 41.1 Å². The first kappa shape index (κ1) is 20.9. The van der Waals surface area contributed by atoms with Gasteiger partial charge in [0, 0.05) is 19.5 Å². The van der Waals surface area contributed by atoms with Crippen molar-refractivity contribution >= 4 is 5.97 Å². The van der Waals surface area contributed by atoms with Crippen LogP contribution >= 0.6 is 0 Å². The lowest BCUT2D eigenvalue weighted by atomic mass is 10.3. The van der Waals surface area contributed by atoms with Gasteiger partial charge in [-0.3, -0.25) is 4.79 Å². The average molecular weight is 324 g/mol. The molecule has 6 nitrogen and oxygen atoms in total. The number of rotatable bonds is 12. The van der Waals surface area contributed by atoms with Crippen molar-refractivity contribution in [2.75, 3.05) is 26.7 Å². The van der Waals surface area contributed by atoms with E-state index in [1.54, 1.807) is 0 Å². The molecule has 0 unspecified atom stereocenters. The fourth-order valence-electron chi connectivity index (χ4n) is 1.81. The molecule has 23 heavy (non-hydrogen) atoms. The molecule has 0 aliphatic carbocycles. The second-order valence-corrected chi connectivity index (χ2v) is 4.74. The fraction of sp³-hybridized carbons (Fsp3) is 0.588. The van der Waals surface area contributed by atoms with E-state index >= 15 is 0 Å². The van der Waals surface area contributed by atoms with E-state index in [9.17, 15) is 9.70 Å². The number of hydrogen-bond donors (Lipinski definition) is 0. The first-order valence-corrected chi connectivity index (χ1v) is 7.95. The molecule has 0 aromatic heterocycles. The van der Waals surface area contributed by atoms with Crippen LogP contribution in [0.4, 0.5) is 0 Å². The van der Waals surface area contributed by atoms with Crippen molar-refractivity contribution in [3.8, 4) is 0 Å². The summed E-state index contributed by atoms with van der Waals surface area (Å²) in [5.41, 5.74) is 0.644. The molecule has 0 aliphatic heterocycles. The minimum absolute atomic E-state index is 0.00317. The third-order valence-corrected chi connectivity index (χ3v) is 3.18. The molecule has 0 spiro atoms. The van der Waals surface area contributed by atoms with E-state index in [-0.39, 0.29) is 18.9 Å². The molecule has 0 N–H and O–H groups in total. The molecule has 0 atom stereocenters. The van der Waals surface area contributed by atoms with Gasteiger partial charge in [-0.1, -0.05) is 31.2 Å². The van der Waals surface area contributed by atoms with Crippen molar-refractivity contribution in [3.05, 3.63) is 40.9 Å². The topological polar surface area (TPSA) is 68.2 Å². The average Bonchev–Trinajstić information content (AvgIpc) is 2.57. The smallest absolute Gasteiger partial charge is 0.307 e. The zero-order valence-electron chi connectivity index (χ0n) is 14.6. The predicted molar refractivity (Wildman–Crippen MR) is 91.5 cm³/mol. The van der Waals surface area contributed by atoms with E-state index in [2.05, 4.69) is 16.8 Å². The molecule has 0 aromatic carbocycles. The van der Waals surface area contributed by atoms with Crippen LogP contribution in [0.1, 0.15) is 40.0 Å². The number of carbonyl (C=O) groups excluding carboxylic acids is 1. The van der Waals surface area contributed by atoms with E-state index < -0.39 is 0 Å². The van der Waals surface area contributed by atoms with Gasteiger partial charge in [-0.15, -0.1) is 0 Å². The molecule has 0 radical (unpaired) electrons. The highest BCUT2D eigenvalue weighted by atomic mass is 16.5. The summed E-state index contributed by atoms with van der Waals surface area (Å²) in [7, 11) is 1.35. The zero-order valence-corrected chi connectivity index (χ0v) is 14.6. The number of allylic oxidation sites excluding steroid dienone is 4. The molecule has 0 saturated heterocycles. The van der Waals surface area contributed by atoms with Gasteiger partial charge in [0.1, 0.15) is 18.6 Å². The van der Waals surface area contributed by atoms with E-state index in [4.69, 9.17) is 4.74 Å². The number of methoxy groups -OCH3 is 1. The Balaban J connectivity index is 4.95. The van der Waals surface area contributed by atoms with Crippen LogP contribution in [0.25, 0.3) is 0 Å². The first-order valence-electron chi connectivity index (χ1n) is 7.95. The molecule has 130 valence electrons. The number of ether oxygens (including phenoxy) is 2. The number of carbonyl (C=O) groups is 1. The summed E-state index contributed by atoms with van der Waals surface area (Å²) in [5.74, 6) is 0.503. The molecule has 0 bridgehead atoms. The molecular formula is C17H28N2O4. The second-order valence-electron chi connectivity index (χ2n) is 4.74. The Morgan fingerprint density at radius 2 is 2.00 bits per heavy atom. The van der Waals surface area contributed by atoms with Crippen LogP contribution in [0, 0.1) is 4.91 Å². The first-order chi connectivity index (χ1) is 11.1. The van der Waals surface area contributed by atoms with Gasteiger partial charge in [0.2, 0.25) is 0 Å². The van der Waals surface area contributed by atoms with Crippen molar-refractivity contribution in [1.29, 1.82) is 0 Å². The van der Waals surface area contributed by atoms with Crippen molar-refractivity contribution in [2.24, 2.45) is 5.18 Å². The van der Waals surface area contributed by atoms with Crippen LogP contribution in [0.5, 0.6) is 0 Å². The third kappa shape index (κ3) is 9.50. The molecule has 0 heterocycles. The summed E-state index contributed by atoms with van der Waals surface area (Å²) in [6.45, 7) is 7.08. The Labute approximate surface area is 138 Å². The Kier molecular flexibility index (Phi) is 12.3. The third-order valence-electron chi connectivity index (χ3n) is 3.18. The summed E-state index contributed by atoms with van der Waals surface area (Å²) in [6.07, 6.45) is 9.36. The molecule has 0 aliphatic rings. The number of nitroso groups, excluding NO2 is 1. The number of esters is 1. The SMILES string of the molecule is CC/C=C\C=C(/CC)O/C=C(\CN=O)N(CC)CCC(=O)OC. The van der Waals surface area contributed by atoms with Crippen LogP contribution in [-0.2, 0) is 14.3 Å². The van der Waals surface area contributed by atoms with Crippen molar-refractivity contribution in [3.63, 3.8) is 0 Å². The van der Waals surface area contributed by atoms with E-state index in [1.165, 1.54) is 13.4 Å². The highest BCUT2D eigenvalue weighted by molar-refractivity contribution is 5.69. The van der Waals surface area contributed by atoms with Crippen LogP contribution < -0.4 is 0 Å². The van der Waals surface area contributed by atoms with Crippen LogP contribution in [0.2, 0.25) is 0 Å². The van der Waals surface area contributed by atoms with Gasteiger partial charge < -0.3 is 14.4 Å². The summed E-state index contributed by atoms with van der Waals surface area (Å²) in [6, 6.07) is 0. The summed E-state index contributed by atoms with van der Waals surface area (Å²) >= 11 is 0. The Morgan fingerprint density at radius 1 is 1.26 bits per heavy atom. The second kappa shape index (κ2) is 13.5. The van der Waals surface area contributed by atoms with Crippen molar-refractivity contribution < 1.29 is 14.3 Å². The molecule has 0 rings (SSSR count). The maximum Gasteiger partial charge on any atom is 0.307 e. The van der Waals surface area contributed by atoms with E-state index in [0.29, 0.717) is 18.8 Å². The predicted octanol–water partition coefficient (Wildman–Crippen LogP) is 3.76. The molecule has 6 heteroatoms. The number of nitrogens with zero attached hydrogens (tertiary/aromatic N) is 2. The van der Waals surface area contributed by atoms with Gasteiger partial charge in [-0.25, -0.2) is 0 Å². The quantitative estimate of drug-likeness (QED) is 0.237. The van der Waals surface area contributed by atoms with E-state index in [0.717, 1.165) is 18.6 Å². The minimum atomic E-state index is -0.290. The maximum atomic E-state index is 11.3. The standard InChI is InChI=1S/C17H28N2O4/c1-5-8-9-10-16(6-2)23-14-15(13-18-21)19(7-3)12-11-17(20)22-4/h8-10,14H,5-7,11-13H2,1-4H3/b9-8-,15-14+,16-10+. The van der Waals surface area contributed by atoms with Gasteiger partial charge in [-0.2, -0.15) is 4.91 Å². The van der Waals surface area contributed by atoms with Gasteiger partial charge in [0.05, 0.1) is 19.2 Å². The molecule has 0 amide bonds. The Hall–Kier alpha value is -2.11. The fourth-order valence-corrected chi connectivity index (χ4v) is 1.81. The maximum absolute atomic E-state index is 11.3. The lowest BCUT2D eigenvalue weighted by Crippen LogP contribution is -2.27. The van der Waals surface area contributed by atoms with Crippen LogP contribution in [-0.4, -0.2) is 37.6 Å². The van der Waals surface area contributed by atoms with Gasteiger partial charge in [-0.05, 0) is 19.4 Å². The largest absolute Gasteiger partial charge is 0.469 e. The minimum Gasteiger partial charge on any atom is -0.469 e. The zero-order chi connectivity index (χ0) is 17.5. The Bertz CT molecular complexity index is 442.